The van der Waals surface area contributed by atoms with Gasteiger partial charge in [-0.2, -0.15) is 11.8 Å². The maximum atomic E-state index is 12.0. The molecule has 0 spiro atoms. The van der Waals surface area contributed by atoms with E-state index in [1.54, 1.807) is 11.8 Å². The van der Waals surface area contributed by atoms with Gasteiger partial charge in [0.25, 0.3) is 8.32 Å². The summed E-state index contributed by atoms with van der Waals surface area (Å²) in [7, 11) is -3.63. The fraction of sp³-hybridized carbons (Fsp3) is 0.818. The smallest absolute Gasteiger partial charge is 0.342 e. The number of hydrogen-bond donors (Lipinski definition) is 0. The van der Waals surface area contributed by atoms with Gasteiger partial charge in [-0.15, -0.1) is 0 Å². The Labute approximate surface area is 117 Å². The topological polar surface area (TPSA) is 47.9 Å². The summed E-state index contributed by atoms with van der Waals surface area (Å²) in [5.74, 6) is 0.524. The van der Waals surface area contributed by atoms with Crippen LogP contribution in [-0.4, -0.2) is 40.3 Å². The van der Waals surface area contributed by atoms with Gasteiger partial charge < -0.3 is 8.95 Å². The highest BCUT2D eigenvalue weighted by Crippen LogP contribution is 2.09. The molecule has 0 aliphatic carbocycles. The van der Waals surface area contributed by atoms with Crippen LogP contribution in [0.1, 0.15) is 6.42 Å². The van der Waals surface area contributed by atoms with Crippen molar-refractivity contribution < 1.29 is 13.7 Å². The van der Waals surface area contributed by atoms with Crippen molar-refractivity contribution in [2.75, 3.05) is 12.0 Å². The predicted octanol–water partition coefficient (Wildman–Crippen LogP) is 3.33. The second-order valence-corrected chi connectivity index (χ2v) is 15.8. The summed E-state index contributed by atoms with van der Waals surface area (Å²) in [5.41, 5.74) is 0.411. The average molecular weight is 308 g/mol. The van der Waals surface area contributed by atoms with Crippen molar-refractivity contribution in [2.45, 2.75) is 45.7 Å². The largest absolute Gasteiger partial charge is 0.515 e. The standard InChI is InChI=1S/C11H25NO3SSi2/c1-16-9-8-10(12-15-18(5,6)7)11(13)14-17(2,3)4/h8-9H2,1-7H3/b12-10-. The van der Waals surface area contributed by atoms with Gasteiger partial charge in [-0.1, -0.05) is 5.16 Å². The normalized spacial score (nSPS) is 13.4. The Balaban J connectivity index is 4.71. The minimum absolute atomic E-state index is 0.318. The molecule has 0 aromatic carbocycles. The van der Waals surface area contributed by atoms with Gasteiger partial charge in [-0.25, -0.2) is 4.79 Å². The number of oxime groups is 1. The van der Waals surface area contributed by atoms with E-state index in [1.807, 2.05) is 45.5 Å². The van der Waals surface area contributed by atoms with Crippen LogP contribution in [0.3, 0.4) is 0 Å². The number of nitrogens with zero attached hydrogens (tertiary/aromatic N) is 1. The number of hydrogen-bond acceptors (Lipinski definition) is 5. The highest BCUT2D eigenvalue weighted by molar-refractivity contribution is 7.98. The van der Waals surface area contributed by atoms with Crippen LogP contribution in [0.15, 0.2) is 5.16 Å². The van der Waals surface area contributed by atoms with E-state index in [2.05, 4.69) is 5.16 Å². The van der Waals surface area contributed by atoms with Crippen molar-refractivity contribution in [3.05, 3.63) is 0 Å². The lowest BCUT2D eigenvalue weighted by molar-refractivity contribution is -0.127. The highest BCUT2D eigenvalue weighted by Gasteiger charge is 2.25. The minimum atomic E-state index is -1.88. The van der Waals surface area contributed by atoms with E-state index < -0.39 is 16.6 Å². The monoisotopic (exact) mass is 307 g/mol. The first-order valence-electron chi connectivity index (χ1n) is 6.02. The molecule has 7 heteroatoms. The lowest BCUT2D eigenvalue weighted by Gasteiger charge is -2.19. The third-order valence-corrected chi connectivity index (χ3v) is 3.66. The van der Waals surface area contributed by atoms with Crippen LogP contribution in [0.4, 0.5) is 0 Å². The maximum absolute atomic E-state index is 12.0. The molecule has 0 saturated carbocycles. The zero-order chi connectivity index (χ0) is 14.4. The number of carbonyl (C=O) groups excluding carboxylic acids is 1. The fourth-order valence-corrected chi connectivity index (χ4v) is 2.37. The summed E-state index contributed by atoms with van der Waals surface area (Å²) < 4.78 is 10.9. The van der Waals surface area contributed by atoms with Crippen LogP contribution in [0.25, 0.3) is 0 Å². The Kier molecular flexibility index (Phi) is 7.23. The van der Waals surface area contributed by atoms with E-state index in [4.69, 9.17) is 8.95 Å². The van der Waals surface area contributed by atoms with E-state index in [1.165, 1.54) is 0 Å². The first kappa shape index (κ1) is 17.7. The molecular weight excluding hydrogens is 282 g/mol. The Morgan fingerprint density at radius 1 is 1.11 bits per heavy atom. The molecule has 0 heterocycles. The molecule has 0 amide bonds. The van der Waals surface area contributed by atoms with Crippen molar-refractivity contribution in [3.63, 3.8) is 0 Å². The van der Waals surface area contributed by atoms with Crippen molar-refractivity contribution in [1.82, 2.24) is 0 Å². The Morgan fingerprint density at radius 3 is 2.06 bits per heavy atom. The predicted molar refractivity (Wildman–Crippen MR) is 84.3 cm³/mol. The van der Waals surface area contributed by atoms with Gasteiger partial charge in [0.05, 0.1) is 0 Å². The zero-order valence-corrected chi connectivity index (χ0v) is 15.3. The number of rotatable bonds is 7. The van der Waals surface area contributed by atoms with E-state index in [-0.39, 0.29) is 5.97 Å². The third kappa shape index (κ3) is 9.72. The molecule has 106 valence electrons. The van der Waals surface area contributed by atoms with Crippen LogP contribution in [-0.2, 0) is 13.7 Å². The van der Waals surface area contributed by atoms with Crippen molar-refractivity contribution in [1.29, 1.82) is 0 Å². The third-order valence-electron chi connectivity index (χ3n) is 1.61. The van der Waals surface area contributed by atoms with Gasteiger partial charge in [-0.05, 0) is 51.3 Å². The molecule has 0 radical (unpaired) electrons. The maximum Gasteiger partial charge on any atom is 0.342 e. The zero-order valence-electron chi connectivity index (χ0n) is 12.5. The molecule has 0 aromatic heterocycles. The molecule has 0 saturated heterocycles. The second-order valence-electron chi connectivity index (χ2n) is 5.99. The summed E-state index contributed by atoms with van der Waals surface area (Å²) in [5, 5.41) is 4.03. The molecule has 0 rings (SSSR count). The fourth-order valence-electron chi connectivity index (χ4n) is 0.913. The van der Waals surface area contributed by atoms with Crippen LogP contribution < -0.4 is 0 Å². The molecule has 0 unspecified atom stereocenters. The molecule has 0 fully saturated rings. The van der Waals surface area contributed by atoms with Gasteiger partial charge in [-0.3, -0.25) is 0 Å². The number of thioether (sulfide) groups is 1. The summed E-state index contributed by atoms with van der Waals surface area (Å²) >= 11 is 1.68. The Bertz CT molecular complexity index is 308. The van der Waals surface area contributed by atoms with Gasteiger partial charge in [0.2, 0.25) is 8.32 Å². The van der Waals surface area contributed by atoms with E-state index in [0.717, 1.165) is 5.75 Å². The highest BCUT2D eigenvalue weighted by atomic mass is 32.2. The van der Waals surface area contributed by atoms with E-state index in [0.29, 0.717) is 12.1 Å². The van der Waals surface area contributed by atoms with Crippen LogP contribution >= 0.6 is 11.8 Å². The quantitative estimate of drug-likeness (QED) is 0.411. The SMILES string of the molecule is CSCC/C(=N/O[Si](C)(C)C)C(=O)O[Si](C)(C)C. The Hall–Kier alpha value is -0.276. The molecule has 0 aromatic rings. The summed E-state index contributed by atoms with van der Waals surface area (Å²) in [6.07, 6.45) is 2.59. The van der Waals surface area contributed by atoms with Crippen LogP contribution in [0.5, 0.6) is 0 Å². The van der Waals surface area contributed by atoms with Crippen LogP contribution in [0, 0.1) is 0 Å². The van der Waals surface area contributed by atoms with Crippen molar-refractivity contribution >= 4 is 40.1 Å². The first-order chi connectivity index (χ1) is 8.05. The number of carbonyl (C=O) groups is 1. The minimum Gasteiger partial charge on any atom is -0.515 e. The van der Waals surface area contributed by atoms with Gasteiger partial charge in [0.15, 0.2) is 5.71 Å². The molecule has 0 N–H and O–H groups in total. The molecule has 0 aliphatic rings. The second kappa shape index (κ2) is 7.35. The Morgan fingerprint density at radius 2 is 1.67 bits per heavy atom. The lowest BCUT2D eigenvalue weighted by atomic mass is 10.3. The van der Waals surface area contributed by atoms with Gasteiger partial charge in [0, 0.05) is 6.42 Å². The lowest BCUT2D eigenvalue weighted by Crippen LogP contribution is -2.34. The molecule has 4 nitrogen and oxygen atoms in total. The molecule has 18 heavy (non-hydrogen) atoms. The summed E-state index contributed by atoms with van der Waals surface area (Å²) in [4.78, 5) is 12.0. The van der Waals surface area contributed by atoms with Crippen molar-refractivity contribution in [2.24, 2.45) is 5.16 Å². The molecule has 0 atom stereocenters. The van der Waals surface area contributed by atoms with Crippen molar-refractivity contribution in [3.8, 4) is 0 Å². The first-order valence-corrected chi connectivity index (χ1v) is 14.2. The van der Waals surface area contributed by atoms with E-state index in [9.17, 15) is 4.79 Å². The van der Waals surface area contributed by atoms with Gasteiger partial charge >= 0.3 is 5.97 Å². The summed E-state index contributed by atoms with van der Waals surface area (Å²) in [6.45, 7) is 12.1. The average Bonchev–Trinajstić information content (AvgIpc) is 2.13. The van der Waals surface area contributed by atoms with Crippen LogP contribution in [0.2, 0.25) is 39.3 Å². The summed E-state index contributed by atoms with van der Waals surface area (Å²) in [6, 6.07) is 0. The molecule has 0 bridgehead atoms. The molecule has 0 aliphatic heterocycles. The van der Waals surface area contributed by atoms with E-state index >= 15 is 0 Å². The van der Waals surface area contributed by atoms with Gasteiger partial charge in [0.1, 0.15) is 0 Å². The molecular formula is C11H25NO3SSi2.